The number of anilines is 1. The fourth-order valence-corrected chi connectivity index (χ4v) is 3.43. The third-order valence-corrected chi connectivity index (χ3v) is 4.68. The first-order chi connectivity index (χ1) is 12.0. The van der Waals surface area contributed by atoms with E-state index in [1.165, 1.54) is 0 Å². The van der Waals surface area contributed by atoms with Gasteiger partial charge in [-0.1, -0.05) is 27.2 Å². The van der Waals surface area contributed by atoms with Crippen molar-refractivity contribution in [2.24, 2.45) is 5.92 Å². The molecule has 1 heterocycles. The van der Waals surface area contributed by atoms with E-state index < -0.39 is 5.60 Å². The largest absolute Gasteiger partial charge is 0.477 e. The standard InChI is InChI=1S/C20H32N2O3/c1-5-10-24-18-16(4)12-17(14-21-18)22-19(23)20(25-11-6-2)9-7-8-15(3)13-20/h12,14-15H,5-11,13H2,1-4H3,(H,22,23)/t15-,20+/m0/s1. The average molecular weight is 348 g/mol. The van der Waals surface area contributed by atoms with Gasteiger partial charge in [0.1, 0.15) is 5.60 Å². The minimum Gasteiger partial charge on any atom is -0.477 e. The number of rotatable bonds is 8. The Morgan fingerprint density at radius 3 is 2.76 bits per heavy atom. The lowest BCUT2D eigenvalue weighted by Gasteiger charge is -2.38. The number of nitrogens with zero attached hydrogens (tertiary/aromatic N) is 1. The van der Waals surface area contributed by atoms with Crippen molar-refractivity contribution < 1.29 is 14.3 Å². The number of nitrogens with one attached hydrogen (secondary N) is 1. The Hall–Kier alpha value is -1.62. The number of ether oxygens (including phenoxy) is 2. The van der Waals surface area contributed by atoms with E-state index in [1.54, 1.807) is 6.20 Å². The molecule has 0 radical (unpaired) electrons. The Labute approximate surface area is 151 Å². The van der Waals surface area contributed by atoms with E-state index in [-0.39, 0.29) is 5.91 Å². The molecule has 1 N–H and O–H groups in total. The molecule has 5 heteroatoms. The summed E-state index contributed by atoms with van der Waals surface area (Å²) in [6, 6.07) is 1.91. The Morgan fingerprint density at radius 1 is 1.36 bits per heavy atom. The summed E-state index contributed by atoms with van der Waals surface area (Å²) < 4.78 is 11.7. The van der Waals surface area contributed by atoms with Gasteiger partial charge in [0.25, 0.3) is 5.91 Å². The number of aryl methyl sites for hydroxylation is 1. The van der Waals surface area contributed by atoms with Gasteiger partial charge >= 0.3 is 0 Å². The quantitative estimate of drug-likeness (QED) is 0.752. The van der Waals surface area contributed by atoms with E-state index in [4.69, 9.17) is 9.47 Å². The number of hydrogen-bond donors (Lipinski definition) is 1. The molecule has 0 unspecified atom stereocenters. The Kier molecular flexibility index (Phi) is 7.24. The van der Waals surface area contributed by atoms with Crippen molar-refractivity contribution >= 4 is 11.6 Å². The zero-order valence-electron chi connectivity index (χ0n) is 16.1. The van der Waals surface area contributed by atoms with Gasteiger partial charge in [0.2, 0.25) is 5.88 Å². The zero-order chi connectivity index (χ0) is 18.3. The number of pyridine rings is 1. The lowest BCUT2D eigenvalue weighted by atomic mass is 9.78. The number of aromatic nitrogens is 1. The van der Waals surface area contributed by atoms with E-state index in [0.29, 0.717) is 30.7 Å². The molecule has 1 aromatic rings. The van der Waals surface area contributed by atoms with Crippen LogP contribution in [-0.4, -0.2) is 29.7 Å². The molecule has 0 spiro atoms. The molecule has 25 heavy (non-hydrogen) atoms. The van der Waals surface area contributed by atoms with Crippen LogP contribution in [0.4, 0.5) is 5.69 Å². The highest BCUT2D eigenvalue weighted by Crippen LogP contribution is 2.36. The SMILES string of the molecule is CCCOc1ncc(NC(=O)[C@@]2(OCCC)CCC[C@H](C)C2)cc1C. The van der Waals surface area contributed by atoms with E-state index in [1.807, 2.05) is 13.0 Å². The molecule has 1 aliphatic rings. The van der Waals surface area contributed by atoms with Gasteiger partial charge < -0.3 is 14.8 Å². The van der Waals surface area contributed by atoms with E-state index >= 15 is 0 Å². The predicted octanol–water partition coefficient (Wildman–Crippen LogP) is 4.49. The highest BCUT2D eigenvalue weighted by Gasteiger charge is 2.42. The molecule has 1 aromatic heterocycles. The Morgan fingerprint density at radius 2 is 2.12 bits per heavy atom. The zero-order valence-corrected chi connectivity index (χ0v) is 16.1. The summed E-state index contributed by atoms with van der Waals surface area (Å²) in [5, 5.41) is 3.02. The van der Waals surface area contributed by atoms with Gasteiger partial charge in [-0.3, -0.25) is 4.79 Å². The fraction of sp³-hybridized carbons (Fsp3) is 0.700. The summed E-state index contributed by atoms with van der Waals surface area (Å²) in [5.41, 5.74) is 0.912. The Bertz CT molecular complexity index is 576. The monoisotopic (exact) mass is 348 g/mol. The van der Waals surface area contributed by atoms with Crippen LogP contribution in [0.1, 0.15) is 64.9 Å². The first-order valence-corrected chi connectivity index (χ1v) is 9.55. The molecule has 2 atom stereocenters. The predicted molar refractivity (Wildman–Crippen MR) is 100.0 cm³/mol. The highest BCUT2D eigenvalue weighted by molar-refractivity contribution is 5.97. The molecule has 1 amide bonds. The Balaban J connectivity index is 2.10. The molecule has 1 fully saturated rings. The van der Waals surface area contributed by atoms with Crippen LogP contribution in [0.15, 0.2) is 12.3 Å². The van der Waals surface area contributed by atoms with Crippen LogP contribution in [0.25, 0.3) is 0 Å². The molecule has 0 aliphatic heterocycles. The van der Waals surface area contributed by atoms with Gasteiger partial charge in [-0.15, -0.1) is 0 Å². The van der Waals surface area contributed by atoms with Gasteiger partial charge in [0, 0.05) is 12.2 Å². The van der Waals surface area contributed by atoms with Gasteiger partial charge in [0.05, 0.1) is 18.5 Å². The maximum atomic E-state index is 13.0. The summed E-state index contributed by atoms with van der Waals surface area (Å²) in [5.74, 6) is 1.08. The van der Waals surface area contributed by atoms with Crippen LogP contribution in [0, 0.1) is 12.8 Å². The maximum Gasteiger partial charge on any atom is 0.256 e. The molecule has 1 aliphatic carbocycles. The van der Waals surface area contributed by atoms with Crippen molar-refractivity contribution in [1.29, 1.82) is 0 Å². The molecule has 1 saturated carbocycles. The van der Waals surface area contributed by atoms with Crippen molar-refractivity contribution in [1.82, 2.24) is 4.98 Å². The van der Waals surface area contributed by atoms with Crippen molar-refractivity contribution in [2.45, 2.75) is 71.8 Å². The smallest absolute Gasteiger partial charge is 0.256 e. The van der Waals surface area contributed by atoms with E-state index in [0.717, 1.165) is 44.1 Å². The third-order valence-electron chi connectivity index (χ3n) is 4.68. The second-order valence-electron chi connectivity index (χ2n) is 7.19. The maximum absolute atomic E-state index is 13.0. The second kappa shape index (κ2) is 9.18. The highest BCUT2D eigenvalue weighted by atomic mass is 16.5. The van der Waals surface area contributed by atoms with Crippen LogP contribution in [0.3, 0.4) is 0 Å². The van der Waals surface area contributed by atoms with Crippen molar-refractivity contribution in [3.05, 3.63) is 17.8 Å². The summed E-state index contributed by atoms with van der Waals surface area (Å²) in [6.45, 7) is 9.53. The lowest BCUT2D eigenvalue weighted by Crippen LogP contribution is -2.48. The summed E-state index contributed by atoms with van der Waals surface area (Å²) in [6.07, 6.45) is 7.27. The van der Waals surface area contributed by atoms with Crippen LogP contribution < -0.4 is 10.1 Å². The third kappa shape index (κ3) is 5.18. The van der Waals surface area contributed by atoms with Gasteiger partial charge in [-0.25, -0.2) is 4.98 Å². The molecule has 5 nitrogen and oxygen atoms in total. The minimum atomic E-state index is -0.709. The molecule has 0 saturated heterocycles. The first-order valence-electron chi connectivity index (χ1n) is 9.55. The van der Waals surface area contributed by atoms with Crippen molar-refractivity contribution in [3.63, 3.8) is 0 Å². The number of carbonyl (C=O) groups is 1. The molecule has 140 valence electrons. The number of carbonyl (C=O) groups excluding carboxylic acids is 1. The lowest BCUT2D eigenvalue weighted by molar-refractivity contribution is -0.148. The molecule has 0 aromatic carbocycles. The van der Waals surface area contributed by atoms with Crippen molar-refractivity contribution in [3.8, 4) is 5.88 Å². The molecule has 2 rings (SSSR count). The second-order valence-corrected chi connectivity index (χ2v) is 7.19. The number of hydrogen-bond acceptors (Lipinski definition) is 4. The van der Waals surface area contributed by atoms with Gasteiger partial charge in [0.15, 0.2) is 0 Å². The van der Waals surface area contributed by atoms with Crippen LogP contribution in [0.5, 0.6) is 5.88 Å². The summed E-state index contributed by atoms with van der Waals surface area (Å²) in [7, 11) is 0. The van der Waals surface area contributed by atoms with Gasteiger partial charge in [-0.05, 0) is 51.0 Å². The summed E-state index contributed by atoms with van der Waals surface area (Å²) in [4.78, 5) is 17.4. The average Bonchev–Trinajstić information content (AvgIpc) is 2.59. The molecular formula is C20H32N2O3. The topological polar surface area (TPSA) is 60.5 Å². The molecule has 0 bridgehead atoms. The summed E-state index contributed by atoms with van der Waals surface area (Å²) >= 11 is 0. The minimum absolute atomic E-state index is 0.0454. The molecular weight excluding hydrogens is 316 g/mol. The normalized spacial score (nSPS) is 23.3. The van der Waals surface area contributed by atoms with E-state index in [9.17, 15) is 4.79 Å². The van der Waals surface area contributed by atoms with Crippen LogP contribution in [-0.2, 0) is 9.53 Å². The fourth-order valence-electron chi connectivity index (χ4n) is 3.43. The first kappa shape index (κ1) is 19.7. The van der Waals surface area contributed by atoms with Crippen molar-refractivity contribution in [2.75, 3.05) is 18.5 Å². The number of amides is 1. The van der Waals surface area contributed by atoms with Crippen LogP contribution in [0.2, 0.25) is 0 Å². The van der Waals surface area contributed by atoms with Gasteiger partial charge in [-0.2, -0.15) is 0 Å². The van der Waals surface area contributed by atoms with Crippen LogP contribution >= 0.6 is 0 Å². The van der Waals surface area contributed by atoms with E-state index in [2.05, 4.69) is 31.1 Å².